The molecule has 2 aromatic carbocycles. The van der Waals surface area contributed by atoms with E-state index in [0.29, 0.717) is 16.5 Å². The van der Waals surface area contributed by atoms with E-state index in [1.54, 1.807) is 48.5 Å². The molecule has 0 aliphatic heterocycles. The Morgan fingerprint density at radius 3 is 2.26 bits per heavy atom. The quantitative estimate of drug-likeness (QED) is 0.478. The molecule has 2 rings (SSSR count). The molecule has 0 radical (unpaired) electrons. The highest BCUT2D eigenvalue weighted by Crippen LogP contribution is 2.19. The Morgan fingerprint density at radius 2 is 1.63 bits per heavy atom. The van der Waals surface area contributed by atoms with Gasteiger partial charge in [-0.05, 0) is 52.3 Å². The fraction of sp³-hybridized carbons (Fsp3) is 0.0714. The third-order valence-corrected chi connectivity index (χ3v) is 3.01. The first-order valence-corrected chi connectivity index (χ1v) is 6.77. The van der Waals surface area contributed by atoms with Gasteiger partial charge in [-0.2, -0.15) is 0 Å². The molecule has 0 amide bonds. The van der Waals surface area contributed by atoms with Crippen molar-refractivity contribution in [1.29, 1.82) is 0 Å². The Labute approximate surface area is 124 Å². The van der Waals surface area contributed by atoms with E-state index in [9.17, 15) is 4.79 Å². The molecule has 0 heterocycles. The van der Waals surface area contributed by atoms with Gasteiger partial charge in [-0.1, -0.05) is 29.8 Å². The molecular weight excluding hydrogens is 332 g/mol. The first-order valence-electron chi connectivity index (χ1n) is 5.48. The highest BCUT2D eigenvalue weighted by Gasteiger charge is 2.19. The van der Waals surface area contributed by atoms with Crippen LogP contribution in [-0.4, -0.2) is 11.0 Å². The van der Waals surface area contributed by atoms with Gasteiger partial charge in [0.2, 0.25) is 5.01 Å². The van der Waals surface area contributed by atoms with Crippen LogP contribution < -0.4 is 9.47 Å². The zero-order valence-corrected chi connectivity index (χ0v) is 12.1. The fourth-order valence-corrected chi connectivity index (χ4v) is 1.77. The molecule has 0 saturated carbocycles. The van der Waals surface area contributed by atoms with E-state index < -0.39 is 11.0 Å². The Balaban J connectivity index is 1.94. The van der Waals surface area contributed by atoms with E-state index in [-0.39, 0.29) is 0 Å². The largest absolute Gasteiger partial charge is 0.467 e. The van der Waals surface area contributed by atoms with Crippen molar-refractivity contribution in [2.75, 3.05) is 0 Å². The van der Waals surface area contributed by atoms with Crippen molar-refractivity contribution < 1.29 is 14.3 Å². The molecule has 2 aromatic rings. The third-order valence-electron chi connectivity index (χ3n) is 2.20. The maximum atomic E-state index is 11.8. The molecular formula is C14H10BrClO3. The maximum absolute atomic E-state index is 11.8. The summed E-state index contributed by atoms with van der Waals surface area (Å²) in [6.45, 7) is 0. The summed E-state index contributed by atoms with van der Waals surface area (Å²) in [7, 11) is 0. The standard InChI is InChI=1S/C14H10BrClO3/c15-13(18-12-8-6-10(16)7-9-12)14(17)19-11-4-2-1-3-5-11/h1-9,13H. The van der Waals surface area contributed by atoms with E-state index in [1.165, 1.54) is 0 Å². The number of esters is 1. The van der Waals surface area contributed by atoms with Crippen LogP contribution >= 0.6 is 27.5 Å². The van der Waals surface area contributed by atoms with Crippen molar-refractivity contribution in [2.24, 2.45) is 0 Å². The number of benzene rings is 2. The summed E-state index contributed by atoms with van der Waals surface area (Å²) in [5.74, 6) is 0.467. The van der Waals surface area contributed by atoms with E-state index in [1.807, 2.05) is 6.07 Å². The fourth-order valence-electron chi connectivity index (χ4n) is 1.33. The van der Waals surface area contributed by atoms with Crippen LogP contribution in [0, 0.1) is 0 Å². The van der Waals surface area contributed by atoms with Gasteiger partial charge in [0.15, 0.2) is 0 Å². The number of hydrogen-bond donors (Lipinski definition) is 0. The lowest BCUT2D eigenvalue weighted by atomic mass is 10.3. The Hall–Kier alpha value is -1.52. The van der Waals surface area contributed by atoms with Gasteiger partial charge in [0.05, 0.1) is 0 Å². The lowest BCUT2D eigenvalue weighted by Gasteiger charge is -2.12. The second kappa shape index (κ2) is 6.59. The van der Waals surface area contributed by atoms with Crippen molar-refractivity contribution >= 4 is 33.5 Å². The van der Waals surface area contributed by atoms with Crippen LogP contribution in [-0.2, 0) is 4.79 Å². The van der Waals surface area contributed by atoms with Crippen LogP contribution in [0.4, 0.5) is 0 Å². The number of alkyl halides is 1. The Morgan fingerprint density at radius 1 is 1.00 bits per heavy atom. The number of halogens is 2. The lowest BCUT2D eigenvalue weighted by molar-refractivity contribution is -0.137. The molecule has 3 nitrogen and oxygen atoms in total. The van der Waals surface area contributed by atoms with Gasteiger partial charge in [-0.3, -0.25) is 0 Å². The van der Waals surface area contributed by atoms with Gasteiger partial charge < -0.3 is 9.47 Å². The molecule has 0 aliphatic rings. The molecule has 0 fully saturated rings. The number of hydrogen-bond acceptors (Lipinski definition) is 3. The van der Waals surface area contributed by atoms with E-state index in [4.69, 9.17) is 21.1 Å². The van der Waals surface area contributed by atoms with Crippen molar-refractivity contribution in [3.05, 3.63) is 59.6 Å². The molecule has 1 atom stereocenters. The van der Waals surface area contributed by atoms with Gasteiger partial charge in [-0.15, -0.1) is 0 Å². The van der Waals surface area contributed by atoms with Crippen molar-refractivity contribution in [3.8, 4) is 11.5 Å². The lowest BCUT2D eigenvalue weighted by Crippen LogP contribution is -2.25. The van der Waals surface area contributed by atoms with E-state index in [0.717, 1.165) is 0 Å². The van der Waals surface area contributed by atoms with Crippen molar-refractivity contribution in [2.45, 2.75) is 5.01 Å². The predicted molar refractivity (Wildman–Crippen MR) is 76.9 cm³/mol. The first-order chi connectivity index (χ1) is 9.15. The van der Waals surface area contributed by atoms with Crippen LogP contribution in [0.15, 0.2) is 54.6 Å². The number of para-hydroxylation sites is 1. The first kappa shape index (κ1) is 13.9. The van der Waals surface area contributed by atoms with Crippen LogP contribution in [0.1, 0.15) is 0 Å². The minimum atomic E-state index is -0.881. The summed E-state index contributed by atoms with van der Waals surface area (Å²) >= 11 is 8.89. The van der Waals surface area contributed by atoms with Gasteiger partial charge >= 0.3 is 5.97 Å². The van der Waals surface area contributed by atoms with Crippen molar-refractivity contribution in [3.63, 3.8) is 0 Å². The van der Waals surface area contributed by atoms with Gasteiger partial charge in [0, 0.05) is 5.02 Å². The highest BCUT2D eigenvalue weighted by atomic mass is 79.9. The number of carbonyl (C=O) groups is 1. The SMILES string of the molecule is O=C(Oc1ccccc1)C(Br)Oc1ccc(Cl)cc1. The average Bonchev–Trinajstić information content (AvgIpc) is 2.42. The predicted octanol–water partition coefficient (Wildman–Crippen LogP) is 4.05. The molecule has 98 valence electrons. The molecule has 19 heavy (non-hydrogen) atoms. The van der Waals surface area contributed by atoms with Crippen LogP contribution in [0.3, 0.4) is 0 Å². The summed E-state index contributed by atoms with van der Waals surface area (Å²) in [5, 5.41) is -0.279. The maximum Gasteiger partial charge on any atom is 0.364 e. The van der Waals surface area contributed by atoms with Crippen LogP contribution in [0.5, 0.6) is 11.5 Å². The Bertz CT molecular complexity index is 542. The zero-order valence-electron chi connectivity index (χ0n) is 9.75. The van der Waals surface area contributed by atoms with Gasteiger partial charge in [0.1, 0.15) is 11.5 Å². The topological polar surface area (TPSA) is 35.5 Å². The summed E-state index contributed by atoms with van der Waals surface area (Å²) in [6.07, 6.45) is 0. The molecule has 0 N–H and O–H groups in total. The summed E-state index contributed by atoms with van der Waals surface area (Å²) in [4.78, 5) is 11.8. The number of carbonyl (C=O) groups excluding carboxylic acids is 1. The normalized spacial score (nSPS) is 11.7. The van der Waals surface area contributed by atoms with Crippen LogP contribution in [0.25, 0.3) is 0 Å². The van der Waals surface area contributed by atoms with Gasteiger partial charge in [-0.25, -0.2) is 4.79 Å². The molecule has 0 aromatic heterocycles. The minimum absolute atomic E-state index is 0.469. The second-order valence-corrected chi connectivity index (χ2v) is 4.89. The Kier molecular flexibility index (Phi) is 4.82. The monoisotopic (exact) mass is 340 g/mol. The molecule has 0 saturated heterocycles. The minimum Gasteiger partial charge on any atom is -0.467 e. The number of rotatable bonds is 4. The summed E-state index contributed by atoms with van der Waals surface area (Å²) in [6, 6.07) is 15.5. The second-order valence-electron chi connectivity index (χ2n) is 3.62. The molecule has 0 aliphatic carbocycles. The summed E-state index contributed by atoms with van der Waals surface area (Å²) in [5.41, 5.74) is 0. The molecule has 0 spiro atoms. The van der Waals surface area contributed by atoms with Crippen LogP contribution in [0.2, 0.25) is 5.02 Å². The average molecular weight is 342 g/mol. The van der Waals surface area contributed by atoms with E-state index in [2.05, 4.69) is 15.9 Å². The van der Waals surface area contributed by atoms with E-state index >= 15 is 0 Å². The number of ether oxygens (including phenoxy) is 2. The van der Waals surface area contributed by atoms with Gasteiger partial charge in [0.25, 0.3) is 0 Å². The smallest absolute Gasteiger partial charge is 0.364 e. The highest BCUT2D eigenvalue weighted by molar-refractivity contribution is 9.09. The molecule has 1 unspecified atom stereocenters. The summed E-state index contributed by atoms with van der Waals surface area (Å²) < 4.78 is 10.5. The molecule has 5 heteroatoms. The molecule has 0 bridgehead atoms. The van der Waals surface area contributed by atoms with Crippen molar-refractivity contribution in [1.82, 2.24) is 0 Å². The zero-order chi connectivity index (χ0) is 13.7. The third kappa shape index (κ3) is 4.26.